The molecule has 6 nitrogen and oxygen atoms in total. The number of nitro groups is 1. The number of thioether (sulfide) groups is 1. The Morgan fingerprint density at radius 2 is 2.05 bits per heavy atom. The number of hydrogen-bond donors (Lipinski definition) is 2. The van der Waals surface area contributed by atoms with Gasteiger partial charge in [0, 0.05) is 6.07 Å². The lowest BCUT2D eigenvalue weighted by atomic mass is 10.1. The molecular weight excluding hydrogens is 278 g/mol. The van der Waals surface area contributed by atoms with Gasteiger partial charge in [0.25, 0.3) is 5.69 Å². The second-order valence-corrected chi connectivity index (χ2v) is 5.57. The standard InChI is InChI=1S/C13H19N3O3S/c1-8-6-11(12(16(18)19)7-9(8)2)15-13(17)10(14)4-5-20-3/h6-7,10H,4-5,14H2,1-3H3,(H,15,17)/t10-/m0/s1. The lowest BCUT2D eigenvalue weighted by Crippen LogP contribution is -2.36. The predicted molar refractivity (Wildman–Crippen MR) is 82.2 cm³/mol. The minimum atomic E-state index is -0.663. The molecule has 0 bridgehead atoms. The van der Waals surface area contributed by atoms with E-state index in [0.717, 1.165) is 16.9 Å². The average molecular weight is 297 g/mol. The molecule has 0 aromatic heterocycles. The highest BCUT2D eigenvalue weighted by Gasteiger charge is 2.20. The van der Waals surface area contributed by atoms with Crippen LogP contribution in [-0.4, -0.2) is 28.9 Å². The van der Waals surface area contributed by atoms with E-state index in [4.69, 9.17) is 5.73 Å². The summed E-state index contributed by atoms with van der Waals surface area (Å²) in [5, 5.41) is 13.6. The molecule has 1 atom stereocenters. The Labute approximate surface area is 122 Å². The normalized spacial score (nSPS) is 12.0. The Bertz CT molecular complexity index is 520. The molecule has 0 saturated carbocycles. The number of nitrogens with two attached hydrogens (primary N) is 1. The average Bonchev–Trinajstić information content (AvgIpc) is 2.39. The largest absolute Gasteiger partial charge is 0.320 e. The molecule has 0 fully saturated rings. The zero-order valence-corrected chi connectivity index (χ0v) is 12.6. The van der Waals surface area contributed by atoms with Crippen molar-refractivity contribution in [3.63, 3.8) is 0 Å². The minimum absolute atomic E-state index is 0.112. The number of nitrogens with zero attached hydrogens (tertiary/aromatic N) is 1. The molecule has 1 aromatic rings. The zero-order chi connectivity index (χ0) is 15.3. The van der Waals surface area contributed by atoms with E-state index in [1.807, 2.05) is 13.2 Å². The Morgan fingerprint density at radius 1 is 1.45 bits per heavy atom. The first-order valence-electron chi connectivity index (χ1n) is 6.17. The van der Waals surface area contributed by atoms with E-state index in [2.05, 4.69) is 5.32 Å². The van der Waals surface area contributed by atoms with Gasteiger partial charge in [0.2, 0.25) is 5.91 Å². The first-order chi connectivity index (χ1) is 9.36. The van der Waals surface area contributed by atoms with Crippen LogP contribution in [0.1, 0.15) is 17.5 Å². The van der Waals surface area contributed by atoms with Crippen LogP contribution in [0.5, 0.6) is 0 Å². The van der Waals surface area contributed by atoms with Gasteiger partial charge in [-0.3, -0.25) is 14.9 Å². The molecule has 110 valence electrons. The minimum Gasteiger partial charge on any atom is -0.320 e. The summed E-state index contributed by atoms with van der Waals surface area (Å²) >= 11 is 1.60. The Hall–Kier alpha value is -1.60. The zero-order valence-electron chi connectivity index (χ0n) is 11.8. The van der Waals surface area contributed by atoms with Gasteiger partial charge in [0.1, 0.15) is 5.69 Å². The van der Waals surface area contributed by atoms with Crippen LogP contribution in [0, 0.1) is 24.0 Å². The summed E-state index contributed by atoms with van der Waals surface area (Å²) in [5.74, 6) is 0.370. The highest BCUT2D eigenvalue weighted by Crippen LogP contribution is 2.28. The molecule has 7 heteroatoms. The number of hydrogen-bond acceptors (Lipinski definition) is 5. The van der Waals surface area contributed by atoms with E-state index in [0.29, 0.717) is 6.42 Å². The van der Waals surface area contributed by atoms with Crippen molar-refractivity contribution >= 4 is 29.0 Å². The molecule has 0 radical (unpaired) electrons. The highest BCUT2D eigenvalue weighted by atomic mass is 32.2. The maximum Gasteiger partial charge on any atom is 0.293 e. The van der Waals surface area contributed by atoms with Crippen molar-refractivity contribution in [3.05, 3.63) is 33.4 Å². The Balaban J connectivity index is 2.93. The van der Waals surface area contributed by atoms with E-state index in [1.54, 1.807) is 24.8 Å². The molecule has 1 aromatic carbocycles. The summed E-state index contributed by atoms with van der Waals surface area (Å²) in [7, 11) is 0. The van der Waals surface area contributed by atoms with Gasteiger partial charge in [0.05, 0.1) is 11.0 Å². The third kappa shape index (κ3) is 4.21. The smallest absolute Gasteiger partial charge is 0.293 e. The molecule has 20 heavy (non-hydrogen) atoms. The maximum absolute atomic E-state index is 11.9. The van der Waals surface area contributed by atoms with E-state index >= 15 is 0 Å². The van der Waals surface area contributed by atoms with Crippen molar-refractivity contribution in [1.82, 2.24) is 0 Å². The maximum atomic E-state index is 11.9. The van der Waals surface area contributed by atoms with Crippen LogP contribution < -0.4 is 11.1 Å². The van der Waals surface area contributed by atoms with Crippen LogP contribution in [0.4, 0.5) is 11.4 Å². The molecule has 0 saturated heterocycles. The first kappa shape index (κ1) is 16.5. The van der Waals surface area contributed by atoms with Gasteiger partial charge >= 0.3 is 0 Å². The number of nitrogens with one attached hydrogen (secondary N) is 1. The topological polar surface area (TPSA) is 98.3 Å². The van der Waals surface area contributed by atoms with Gasteiger partial charge in [-0.15, -0.1) is 0 Å². The molecule has 0 spiro atoms. The number of carbonyl (C=O) groups is 1. The molecule has 0 aliphatic heterocycles. The third-order valence-corrected chi connectivity index (χ3v) is 3.68. The van der Waals surface area contributed by atoms with Gasteiger partial charge in [-0.2, -0.15) is 11.8 Å². The second kappa shape index (κ2) is 7.25. The summed E-state index contributed by atoms with van der Waals surface area (Å²) < 4.78 is 0. The fourth-order valence-electron chi connectivity index (χ4n) is 1.65. The number of rotatable bonds is 6. The summed E-state index contributed by atoms with van der Waals surface area (Å²) in [5.41, 5.74) is 7.52. The Kier molecular flexibility index (Phi) is 5.97. The molecule has 1 rings (SSSR count). The lowest BCUT2D eigenvalue weighted by Gasteiger charge is -2.13. The van der Waals surface area contributed by atoms with Crippen LogP contribution in [-0.2, 0) is 4.79 Å². The van der Waals surface area contributed by atoms with Crippen molar-refractivity contribution in [2.24, 2.45) is 5.73 Å². The second-order valence-electron chi connectivity index (χ2n) is 4.59. The van der Waals surface area contributed by atoms with E-state index in [1.165, 1.54) is 6.07 Å². The van der Waals surface area contributed by atoms with Gasteiger partial charge < -0.3 is 11.1 Å². The molecule has 1 amide bonds. The number of amides is 1. The van der Waals surface area contributed by atoms with Crippen molar-refractivity contribution in [2.75, 3.05) is 17.3 Å². The van der Waals surface area contributed by atoms with E-state index in [9.17, 15) is 14.9 Å². The summed E-state index contributed by atoms with van der Waals surface area (Å²) in [6, 6.07) is 2.40. The SMILES string of the molecule is CSCC[C@H](N)C(=O)Nc1cc(C)c(C)cc1[N+](=O)[O-]. The predicted octanol–water partition coefficient (Wildman–Crippen LogP) is 2.23. The molecule has 0 unspecified atom stereocenters. The van der Waals surface area contributed by atoms with Crippen LogP contribution in [0.15, 0.2) is 12.1 Å². The number of anilines is 1. The fourth-order valence-corrected chi connectivity index (χ4v) is 2.14. The number of benzene rings is 1. The van der Waals surface area contributed by atoms with Gasteiger partial charge in [0.15, 0.2) is 0 Å². The molecule has 0 heterocycles. The van der Waals surface area contributed by atoms with Crippen molar-refractivity contribution < 1.29 is 9.72 Å². The van der Waals surface area contributed by atoms with Crippen molar-refractivity contribution in [1.29, 1.82) is 0 Å². The van der Waals surface area contributed by atoms with Gasteiger partial charge in [-0.25, -0.2) is 0 Å². The fraction of sp³-hybridized carbons (Fsp3) is 0.462. The van der Waals surface area contributed by atoms with E-state index < -0.39 is 16.9 Å². The quantitative estimate of drug-likeness (QED) is 0.619. The lowest BCUT2D eigenvalue weighted by molar-refractivity contribution is -0.384. The summed E-state index contributed by atoms with van der Waals surface area (Å²) in [6.45, 7) is 3.63. The summed E-state index contributed by atoms with van der Waals surface area (Å²) in [4.78, 5) is 22.4. The third-order valence-electron chi connectivity index (χ3n) is 3.04. The number of carbonyl (C=O) groups excluding carboxylic acids is 1. The molecule has 3 N–H and O–H groups in total. The molecule has 0 aliphatic carbocycles. The monoisotopic (exact) mass is 297 g/mol. The van der Waals surface area contributed by atoms with Crippen LogP contribution in [0.3, 0.4) is 0 Å². The van der Waals surface area contributed by atoms with Gasteiger partial charge in [-0.1, -0.05) is 0 Å². The van der Waals surface area contributed by atoms with E-state index in [-0.39, 0.29) is 11.4 Å². The van der Waals surface area contributed by atoms with Crippen LogP contribution in [0.2, 0.25) is 0 Å². The van der Waals surface area contributed by atoms with Crippen molar-refractivity contribution in [3.8, 4) is 0 Å². The molecule has 0 aliphatic rings. The molecular formula is C13H19N3O3S. The van der Waals surface area contributed by atoms with Gasteiger partial charge in [-0.05, 0) is 49.5 Å². The Morgan fingerprint density at radius 3 is 2.60 bits per heavy atom. The number of aryl methyl sites for hydroxylation is 2. The van der Waals surface area contributed by atoms with Crippen LogP contribution >= 0.6 is 11.8 Å². The first-order valence-corrected chi connectivity index (χ1v) is 7.57. The van der Waals surface area contributed by atoms with Crippen molar-refractivity contribution in [2.45, 2.75) is 26.3 Å². The number of nitro benzene ring substituents is 1. The van der Waals surface area contributed by atoms with Crippen LogP contribution in [0.25, 0.3) is 0 Å². The summed E-state index contributed by atoms with van der Waals surface area (Å²) in [6.07, 6.45) is 2.46. The highest BCUT2D eigenvalue weighted by molar-refractivity contribution is 7.98.